The van der Waals surface area contributed by atoms with Gasteiger partial charge in [0.2, 0.25) is 5.91 Å². The van der Waals surface area contributed by atoms with Crippen molar-refractivity contribution in [2.75, 3.05) is 45.7 Å². The number of aliphatic imine (C=N–C) groups is 1. The lowest BCUT2D eigenvalue weighted by Gasteiger charge is -2.21. The van der Waals surface area contributed by atoms with Gasteiger partial charge in [-0.25, -0.2) is 0 Å². The van der Waals surface area contributed by atoms with E-state index in [0.717, 1.165) is 30.2 Å². The minimum atomic E-state index is 0.0138. The molecule has 7 heteroatoms. The molecule has 1 amide bonds. The average Bonchev–Trinajstić information content (AvgIpc) is 2.99. The van der Waals surface area contributed by atoms with E-state index < -0.39 is 0 Å². The number of nitrogens with one attached hydrogen (secondary N) is 2. The molecule has 2 N–H and O–H groups in total. The molecule has 1 atom stereocenters. The summed E-state index contributed by atoms with van der Waals surface area (Å²) >= 11 is 6.06. The van der Waals surface area contributed by atoms with Crippen molar-refractivity contribution < 1.29 is 4.79 Å². The Balaban J connectivity index is 1.85. The van der Waals surface area contributed by atoms with E-state index in [1.165, 1.54) is 0 Å². The van der Waals surface area contributed by atoms with Crippen molar-refractivity contribution in [3.05, 3.63) is 29.3 Å². The molecular formula is C16H24ClN5O. The van der Waals surface area contributed by atoms with Gasteiger partial charge >= 0.3 is 0 Å². The van der Waals surface area contributed by atoms with Crippen LogP contribution in [0.5, 0.6) is 0 Å². The van der Waals surface area contributed by atoms with Crippen molar-refractivity contribution in [2.24, 2.45) is 4.99 Å². The van der Waals surface area contributed by atoms with Crippen LogP contribution in [-0.2, 0) is 4.79 Å². The molecule has 126 valence electrons. The lowest BCUT2D eigenvalue weighted by atomic mass is 10.3. The van der Waals surface area contributed by atoms with Gasteiger partial charge in [0.1, 0.15) is 0 Å². The van der Waals surface area contributed by atoms with E-state index in [0.29, 0.717) is 5.96 Å². The lowest BCUT2D eigenvalue weighted by Crippen LogP contribution is -2.47. The molecule has 1 unspecified atom stereocenters. The van der Waals surface area contributed by atoms with Crippen LogP contribution >= 0.6 is 11.6 Å². The van der Waals surface area contributed by atoms with Crippen LogP contribution in [0.25, 0.3) is 0 Å². The number of anilines is 1. The Labute approximate surface area is 142 Å². The highest BCUT2D eigenvalue weighted by molar-refractivity contribution is 6.30. The first-order chi connectivity index (χ1) is 11.0. The Morgan fingerprint density at radius 3 is 2.91 bits per heavy atom. The largest absolute Gasteiger partial charge is 0.369 e. The number of carbonyl (C=O) groups is 1. The molecule has 1 saturated heterocycles. The molecule has 0 aliphatic carbocycles. The summed E-state index contributed by atoms with van der Waals surface area (Å²) in [4.78, 5) is 19.7. The van der Waals surface area contributed by atoms with Crippen molar-refractivity contribution in [3.8, 4) is 0 Å². The predicted molar refractivity (Wildman–Crippen MR) is 95.3 cm³/mol. The molecule has 1 aliphatic heterocycles. The third-order valence-corrected chi connectivity index (χ3v) is 4.07. The first-order valence-corrected chi connectivity index (χ1v) is 8.05. The number of amides is 1. The van der Waals surface area contributed by atoms with Gasteiger partial charge in [-0.15, -0.1) is 0 Å². The zero-order valence-electron chi connectivity index (χ0n) is 13.8. The summed E-state index contributed by atoms with van der Waals surface area (Å²) in [5, 5.41) is 7.17. The number of likely N-dealkylation sites (N-methyl/N-ethyl adjacent to an activating group) is 1. The summed E-state index contributed by atoms with van der Waals surface area (Å²) in [5.41, 5.74) is 1.13. The third kappa shape index (κ3) is 5.03. The molecule has 0 radical (unpaired) electrons. The summed E-state index contributed by atoms with van der Waals surface area (Å²) in [5.74, 6) is 0.665. The van der Waals surface area contributed by atoms with Gasteiger partial charge in [0.15, 0.2) is 5.96 Å². The van der Waals surface area contributed by atoms with Crippen molar-refractivity contribution in [1.29, 1.82) is 0 Å². The highest BCUT2D eigenvalue weighted by Crippen LogP contribution is 2.23. The molecule has 0 spiro atoms. The van der Waals surface area contributed by atoms with Crippen molar-refractivity contribution in [3.63, 3.8) is 0 Å². The number of benzene rings is 1. The van der Waals surface area contributed by atoms with Gasteiger partial charge in [0.05, 0.1) is 6.54 Å². The molecule has 23 heavy (non-hydrogen) atoms. The monoisotopic (exact) mass is 337 g/mol. The van der Waals surface area contributed by atoms with Crippen molar-refractivity contribution >= 4 is 29.2 Å². The van der Waals surface area contributed by atoms with Gasteiger partial charge in [0, 0.05) is 51.0 Å². The molecule has 1 aromatic rings. The quantitative estimate of drug-likeness (QED) is 0.639. The Morgan fingerprint density at radius 1 is 1.48 bits per heavy atom. The fraction of sp³-hybridized carbons (Fsp3) is 0.500. The standard InChI is InChI=1S/C16H24ClN5O/c1-18-16(19-10-15(23)21(2)3)20-13-7-8-22(11-13)14-6-4-5-12(17)9-14/h4-6,9,13H,7-8,10-11H2,1-3H3,(H2,18,19,20). The molecule has 0 bridgehead atoms. The van der Waals surface area contributed by atoms with E-state index >= 15 is 0 Å². The Morgan fingerprint density at radius 2 is 2.26 bits per heavy atom. The first kappa shape index (κ1) is 17.4. The second-order valence-corrected chi connectivity index (χ2v) is 6.21. The van der Waals surface area contributed by atoms with E-state index in [1.807, 2.05) is 18.2 Å². The van der Waals surface area contributed by atoms with Gasteiger partial charge in [-0.05, 0) is 24.6 Å². The molecule has 6 nitrogen and oxygen atoms in total. The predicted octanol–water partition coefficient (Wildman–Crippen LogP) is 1.17. The highest BCUT2D eigenvalue weighted by Gasteiger charge is 2.23. The van der Waals surface area contributed by atoms with E-state index in [4.69, 9.17) is 11.6 Å². The van der Waals surface area contributed by atoms with E-state index in [1.54, 1.807) is 26.0 Å². The maximum Gasteiger partial charge on any atom is 0.241 e. The molecule has 1 aliphatic rings. The second-order valence-electron chi connectivity index (χ2n) is 5.77. The lowest BCUT2D eigenvalue weighted by molar-refractivity contribution is -0.127. The Kier molecular flexibility index (Phi) is 6.10. The summed E-state index contributed by atoms with van der Waals surface area (Å²) in [6, 6.07) is 8.18. The smallest absolute Gasteiger partial charge is 0.241 e. The molecular weight excluding hydrogens is 314 g/mol. The molecule has 1 fully saturated rings. The SMILES string of the molecule is CN=C(NCC(=O)N(C)C)NC1CCN(c2cccc(Cl)c2)C1. The van der Waals surface area contributed by atoms with E-state index in [-0.39, 0.29) is 18.5 Å². The molecule has 0 saturated carbocycles. The first-order valence-electron chi connectivity index (χ1n) is 7.67. The summed E-state index contributed by atoms with van der Waals surface area (Å²) in [7, 11) is 5.18. The average molecular weight is 338 g/mol. The van der Waals surface area contributed by atoms with Crippen LogP contribution in [0.1, 0.15) is 6.42 Å². The Hall–Kier alpha value is -1.95. The normalized spacial score (nSPS) is 18.0. The fourth-order valence-electron chi connectivity index (χ4n) is 2.49. The number of nitrogens with zero attached hydrogens (tertiary/aromatic N) is 3. The topological polar surface area (TPSA) is 60.0 Å². The zero-order valence-corrected chi connectivity index (χ0v) is 14.6. The van der Waals surface area contributed by atoms with Gasteiger partial charge in [-0.2, -0.15) is 0 Å². The maximum atomic E-state index is 11.6. The number of carbonyl (C=O) groups excluding carboxylic acids is 1. The van der Waals surface area contributed by atoms with Gasteiger partial charge < -0.3 is 20.4 Å². The van der Waals surface area contributed by atoms with Crippen LogP contribution < -0.4 is 15.5 Å². The zero-order chi connectivity index (χ0) is 16.8. The number of halogens is 1. The molecule has 1 heterocycles. The van der Waals surface area contributed by atoms with E-state index in [9.17, 15) is 4.79 Å². The number of hydrogen-bond donors (Lipinski definition) is 2. The van der Waals surface area contributed by atoms with Gasteiger partial charge in [-0.3, -0.25) is 9.79 Å². The van der Waals surface area contributed by atoms with Crippen LogP contribution in [0.4, 0.5) is 5.69 Å². The van der Waals surface area contributed by atoms with Gasteiger partial charge in [0.25, 0.3) is 0 Å². The van der Waals surface area contributed by atoms with Crippen molar-refractivity contribution in [2.45, 2.75) is 12.5 Å². The highest BCUT2D eigenvalue weighted by atomic mass is 35.5. The minimum absolute atomic E-state index is 0.0138. The summed E-state index contributed by atoms with van der Waals surface area (Å²) in [6.07, 6.45) is 1.01. The number of hydrogen-bond acceptors (Lipinski definition) is 3. The van der Waals surface area contributed by atoms with Crippen LogP contribution in [-0.4, -0.2) is 63.6 Å². The van der Waals surface area contributed by atoms with Crippen LogP contribution in [0.3, 0.4) is 0 Å². The van der Waals surface area contributed by atoms with E-state index in [2.05, 4.69) is 26.6 Å². The van der Waals surface area contributed by atoms with Gasteiger partial charge in [-0.1, -0.05) is 17.7 Å². The maximum absolute atomic E-state index is 11.6. The Bertz CT molecular complexity index is 575. The second kappa shape index (κ2) is 8.06. The molecule has 1 aromatic carbocycles. The molecule has 0 aromatic heterocycles. The summed E-state index contributed by atoms with van der Waals surface area (Å²) < 4.78 is 0. The molecule has 2 rings (SSSR count). The van der Waals surface area contributed by atoms with Crippen molar-refractivity contribution in [1.82, 2.24) is 15.5 Å². The summed E-state index contributed by atoms with van der Waals surface area (Å²) in [6.45, 7) is 2.08. The fourth-order valence-corrected chi connectivity index (χ4v) is 2.68. The number of guanidine groups is 1. The van der Waals surface area contributed by atoms with Crippen LogP contribution in [0.15, 0.2) is 29.3 Å². The minimum Gasteiger partial charge on any atom is -0.369 e. The number of rotatable bonds is 4. The van der Waals surface area contributed by atoms with Crippen LogP contribution in [0.2, 0.25) is 5.02 Å². The third-order valence-electron chi connectivity index (χ3n) is 3.83. The van der Waals surface area contributed by atoms with Crippen LogP contribution in [0, 0.1) is 0 Å².